The molecule has 0 saturated carbocycles. The number of rotatable bonds is 7. The number of aromatic nitrogens is 1. The zero-order chi connectivity index (χ0) is 21.8. The van der Waals surface area contributed by atoms with Crippen LogP contribution >= 0.6 is 0 Å². The Labute approximate surface area is 174 Å². The molecule has 3 rings (SSSR count). The summed E-state index contributed by atoms with van der Waals surface area (Å²) < 4.78 is 10.7. The number of nitro groups is 1. The summed E-state index contributed by atoms with van der Waals surface area (Å²) in [5, 5.41) is 15.3. The van der Waals surface area contributed by atoms with Crippen molar-refractivity contribution in [3.63, 3.8) is 0 Å². The van der Waals surface area contributed by atoms with Crippen LogP contribution in [-0.2, 0) is 6.54 Å². The zero-order valence-corrected chi connectivity index (χ0v) is 17.3. The van der Waals surface area contributed by atoms with E-state index in [4.69, 9.17) is 9.26 Å². The van der Waals surface area contributed by atoms with Crippen LogP contribution in [0, 0.1) is 17.0 Å². The molecule has 156 valence electrons. The summed E-state index contributed by atoms with van der Waals surface area (Å²) in [6.45, 7) is 5.61. The van der Waals surface area contributed by atoms with E-state index in [-0.39, 0.29) is 29.7 Å². The smallest absolute Gasteiger partial charge is 0.273 e. The Hall–Kier alpha value is -3.68. The van der Waals surface area contributed by atoms with Crippen LogP contribution < -0.4 is 4.74 Å². The van der Waals surface area contributed by atoms with E-state index in [2.05, 4.69) is 5.16 Å². The van der Waals surface area contributed by atoms with E-state index in [1.54, 1.807) is 37.1 Å². The van der Waals surface area contributed by atoms with Crippen molar-refractivity contribution in [1.29, 1.82) is 0 Å². The molecular formula is C22H23N3O5. The number of methoxy groups -OCH3 is 1. The number of hydrogen-bond donors (Lipinski definition) is 0. The van der Waals surface area contributed by atoms with Gasteiger partial charge in [-0.1, -0.05) is 23.4 Å². The number of hydrogen-bond acceptors (Lipinski definition) is 6. The van der Waals surface area contributed by atoms with Crippen molar-refractivity contribution in [1.82, 2.24) is 10.1 Å². The van der Waals surface area contributed by atoms with Gasteiger partial charge in [-0.05, 0) is 39.0 Å². The van der Waals surface area contributed by atoms with Crippen molar-refractivity contribution >= 4 is 11.6 Å². The molecular weight excluding hydrogens is 386 g/mol. The molecule has 1 amide bonds. The maximum Gasteiger partial charge on any atom is 0.273 e. The first-order valence-electron chi connectivity index (χ1n) is 9.46. The predicted molar refractivity (Wildman–Crippen MR) is 111 cm³/mol. The molecule has 0 unspecified atom stereocenters. The molecule has 0 aliphatic carbocycles. The molecule has 2 aromatic carbocycles. The van der Waals surface area contributed by atoms with Gasteiger partial charge in [-0.2, -0.15) is 0 Å². The highest BCUT2D eigenvalue weighted by atomic mass is 16.6. The molecule has 0 radical (unpaired) electrons. The Bertz CT molecular complexity index is 1070. The number of amides is 1. The highest BCUT2D eigenvalue weighted by molar-refractivity contribution is 5.95. The first kappa shape index (κ1) is 21.0. The number of nitrogens with zero attached hydrogens (tertiary/aromatic N) is 3. The standard InChI is InChI=1S/C22H23N3O5/c1-14(2)24(22(26)17-9-8-15(3)20(11-17)25(27)28)13-18-12-21(30-23-18)16-6-5-7-19(10-16)29-4/h5-12,14H,13H2,1-4H3. The van der Waals surface area contributed by atoms with Crippen molar-refractivity contribution in [3.05, 3.63) is 75.5 Å². The third kappa shape index (κ3) is 4.48. The fourth-order valence-corrected chi connectivity index (χ4v) is 3.07. The first-order valence-corrected chi connectivity index (χ1v) is 9.46. The van der Waals surface area contributed by atoms with Gasteiger partial charge in [-0.3, -0.25) is 14.9 Å². The maximum absolute atomic E-state index is 13.1. The highest BCUT2D eigenvalue weighted by Gasteiger charge is 2.23. The van der Waals surface area contributed by atoms with Crippen molar-refractivity contribution in [2.75, 3.05) is 7.11 Å². The molecule has 1 heterocycles. The minimum Gasteiger partial charge on any atom is -0.497 e. The summed E-state index contributed by atoms with van der Waals surface area (Å²) >= 11 is 0. The van der Waals surface area contributed by atoms with E-state index in [0.29, 0.717) is 22.8 Å². The molecule has 3 aromatic rings. The van der Waals surface area contributed by atoms with Crippen LogP contribution in [0.25, 0.3) is 11.3 Å². The lowest BCUT2D eigenvalue weighted by Gasteiger charge is -2.25. The van der Waals surface area contributed by atoms with Crippen molar-refractivity contribution < 1.29 is 19.0 Å². The minimum absolute atomic E-state index is 0.0775. The predicted octanol–water partition coefficient (Wildman–Crippen LogP) is 4.62. The fraction of sp³-hybridized carbons (Fsp3) is 0.273. The summed E-state index contributed by atoms with van der Waals surface area (Å²) in [4.78, 5) is 25.4. The van der Waals surface area contributed by atoms with Crippen LogP contribution in [0.2, 0.25) is 0 Å². The molecule has 0 N–H and O–H groups in total. The van der Waals surface area contributed by atoms with Crippen molar-refractivity contribution in [3.8, 4) is 17.1 Å². The van der Waals surface area contributed by atoms with Gasteiger partial charge in [-0.25, -0.2) is 0 Å². The Kier molecular flexibility index (Phi) is 6.15. The molecule has 30 heavy (non-hydrogen) atoms. The van der Waals surface area contributed by atoms with E-state index in [0.717, 1.165) is 5.56 Å². The second-order valence-corrected chi connectivity index (χ2v) is 7.20. The van der Waals surface area contributed by atoms with Gasteiger partial charge in [0, 0.05) is 34.9 Å². The van der Waals surface area contributed by atoms with Crippen LogP contribution in [0.1, 0.15) is 35.5 Å². The molecule has 8 nitrogen and oxygen atoms in total. The number of nitro benzene ring substituents is 1. The number of aryl methyl sites for hydroxylation is 1. The summed E-state index contributed by atoms with van der Waals surface area (Å²) in [5.41, 5.74) is 2.08. The topological polar surface area (TPSA) is 98.7 Å². The summed E-state index contributed by atoms with van der Waals surface area (Å²) in [6, 6.07) is 13.5. The number of carbonyl (C=O) groups is 1. The summed E-state index contributed by atoms with van der Waals surface area (Å²) in [7, 11) is 1.59. The Morgan fingerprint density at radius 1 is 1.23 bits per heavy atom. The number of carbonyl (C=O) groups excluding carboxylic acids is 1. The molecule has 0 aliphatic heterocycles. The van der Waals surface area contributed by atoms with E-state index in [1.807, 2.05) is 38.1 Å². The van der Waals surface area contributed by atoms with E-state index in [1.165, 1.54) is 6.07 Å². The van der Waals surface area contributed by atoms with Crippen LogP contribution in [0.15, 0.2) is 53.1 Å². The Morgan fingerprint density at radius 3 is 2.67 bits per heavy atom. The zero-order valence-electron chi connectivity index (χ0n) is 17.3. The second-order valence-electron chi connectivity index (χ2n) is 7.20. The van der Waals surface area contributed by atoms with Gasteiger partial charge < -0.3 is 14.2 Å². The van der Waals surface area contributed by atoms with Gasteiger partial charge in [0.2, 0.25) is 0 Å². The molecule has 8 heteroatoms. The molecule has 0 bridgehead atoms. The molecule has 0 saturated heterocycles. The van der Waals surface area contributed by atoms with Gasteiger partial charge in [0.1, 0.15) is 11.4 Å². The fourth-order valence-electron chi connectivity index (χ4n) is 3.07. The van der Waals surface area contributed by atoms with Crippen LogP contribution in [0.5, 0.6) is 5.75 Å². The van der Waals surface area contributed by atoms with Gasteiger partial charge in [0.25, 0.3) is 11.6 Å². The largest absolute Gasteiger partial charge is 0.497 e. The van der Waals surface area contributed by atoms with Crippen LogP contribution in [0.3, 0.4) is 0 Å². The molecule has 0 spiro atoms. The normalized spacial score (nSPS) is 10.8. The average Bonchev–Trinajstić information content (AvgIpc) is 3.20. The lowest BCUT2D eigenvalue weighted by Crippen LogP contribution is -2.36. The van der Waals surface area contributed by atoms with Crippen LogP contribution in [0.4, 0.5) is 5.69 Å². The number of benzene rings is 2. The highest BCUT2D eigenvalue weighted by Crippen LogP contribution is 2.26. The molecule has 1 aromatic heterocycles. The third-order valence-electron chi connectivity index (χ3n) is 4.78. The minimum atomic E-state index is -0.482. The van der Waals surface area contributed by atoms with Gasteiger partial charge in [-0.15, -0.1) is 0 Å². The molecule has 0 fully saturated rings. The lowest BCUT2D eigenvalue weighted by atomic mass is 10.1. The average molecular weight is 409 g/mol. The Balaban J connectivity index is 1.84. The first-order chi connectivity index (χ1) is 14.3. The number of ether oxygens (including phenoxy) is 1. The van der Waals surface area contributed by atoms with Gasteiger partial charge in [0.05, 0.1) is 18.6 Å². The maximum atomic E-state index is 13.1. The van der Waals surface area contributed by atoms with Crippen molar-refractivity contribution in [2.24, 2.45) is 0 Å². The summed E-state index contributed by atoms with van der Waals surface area (Å²) in [5.74, 6) is 0.954. The van der Waals surface area contributed by atoms with E-state index in [9.17, 15) is 14.9 Å². The van der Waals surface area contributed by atoms with E-state index < -0.39 is 4.92 Å². The quantitative estimate of drug-likeness (QED) is 0.417. The van der Waals surface area contributed by atoms with Gasteiger partial charge >= 0.3 is 0 Å². The SMILES string of the molecule is COc1cccc(-c2cc(CN(C(=O)c3ccc(C)c([N+](=O)[O-])c3)C(C)C)no2)c1. The van der Waals surface area contributed by atoms with Gasteiger partial charge in [0.15, 0.2) is 5.76 Å². The van der Waals surface area contributed by atoms with Crippen LogP contribution in [-0.4, -0.2) is 34.0 Å². The molecule has 0 atom stereocenters. The second kappa shape index (κ2) is 8.77. The monoisotopic (exact) mass is 409 g/mol. The lowest BCUT2D eigenvalue weighted by molar-refractivity contribution is -0.385. The van der Waals surface area contributed by atoms with Crippen molar-refractivity contribution in [2.45, 2.75) is 33.4 Å². The molecule has 0 aliphatic rings. The van der Waals surface area contributed by atoms with E-state index >= 15 is 0 Å². The summed E-state index contributed by atoms with van der Waals surface area (Å²) in [6.07, 6.45) is 0. The third-order valence-corrected chi connectivity index (χ3v) is 4.78. The Morgan fingerprint density at radius 2 is 2.00 bits per heavy atom.